The highest BCUT2D eigenvalue weighted by Gasteiger charge is 2.24. The largest absolute Gasteiger partial charge is 0.492 e. The molecule has 0 aromatic heterocycles. The number of rotatable bonds is 7. The summed E-state index contributed by atoms with van der Waals surface area (Å²) in [5.41, 5.74) is 1.54. The van der Waals surface area contributed by atoms with Crippen molar-refractivity contribution >= 4 is 19.9 Å². The Balaban J connectivity index is 2.16. The number of ether oxygens (including phenoxy) is 1. The molecule has 0 spiro atoms. The summed E-state index contributed by atoms with van der Waals surface area (Å²) in [6, 6.07) is 11.6. The first-order chi connectivity index (χ1) is 12.0. The van der Waals surface area contributed by atoms with Gasteiger partial charge in [-0.15, -0.1) is 0 Å². The third kappa shape index (κ3) is 4.84. The maximum Gasteiger partial charge on any atom is 0.243 e. The Morgan fingerprint density at radius 2 is 1.69 bits per heavy atom. The van der Waals surface area contributed by atoms with E-state index in [4.69, 9.17) is 4.74 Å². The molecule has 0 saturated carbocycles. The molecule has 2 aromatic carbocycles. The fraction of sp³-hybridized carbons (Fsp3) is 0.333. The Morgan fingerprint density at radius 1 is 1.00 bits per heavy atom. The predicted molar refractivity (Wildman–Crippen MR) is 101 cm³/mol. The fourth-order valence-corrected chi connectivity index (χ4v) is 4.50. The van der Waals surface area contributed by atoms with Gasteiger partial charge in [-0.25, -0.2) is 16.8 Å². The van der Waals surface area contributed by atoms with Crippen LogP contribution in [-0.4, -0.2) is 47.6 Å². The van der Waals surface area contributed by atoms with Crippen molar-refractivity contribution < 1.29 is 21.6 Å². The number of nitrogens with zero attached hydrogens (tertiary/aromatic N) is 1. The van der Waals surface area contributed by atoms with Gasteiger partial charge in [-0.2, -0.15) is 4.31 Å². The topological polar surface area (TPSA) is 80.8 Å². The molecule has 26 heavy (non-hydrogen) atoms. The number of likely N-dealkylation sites (N-methyl/N-ethyl adjacent to an activating group) is 1. The highest BCUT2D eigenvalue weighted by atomic mass is 32.2. The molecule has 142 valence electrons. The molecule has 0 heterocycles. The third-order valence-electron chi connectivity index (χ3n) is 3.94. The standard InChI is InChI=1S/C18H23NO5S2/c1-14-6-5-7-16(12-14)24-11-10-19(3)26(22,23)18-13-17(25(4,20)21)9-8-15(18)2/h5-9,12-13H,10-11H2,1-4H3. The van der Waals surface area contributed by atoms with Gasteiger partial charge >= 0.3 is 0 Å². The minimum absolute atomic E-state index is 0.0153. The van der Waals surface area contributed by atoms with E-state index in [1.807, 2.05) is 25.1 Å². The van der Waals surface area contributed by atoms with Gasteiger partial charge < -0.3 is 4.74 Å². The van der Waals surface area contributed by atoms with Crippen LogP contribution in [0.1, 0.15) is 11.1 Å². The third-order valence-corrected chi connectivity index (χ3v) is 7.05. The van der Waals surface area contributed by atoms with Gasteiger partial charge in [0, 0.05) is 19.8 Å². The zero-order valence-electron chi connectivity index (χ0n) is 15.3. The van der Waals surface area contributed by atoms with Crippen molar-refractivity contribution in [1.29, 1.82) is 0 Å². The predicted octanol–water partition coefficient (Wildman–Crippen LogP) is 2.41. The first kappa shape index (κ1) is 20.4. The summed E-state index contributed by atoms with van der Waals surface area (Å²) in [6.45, 7) is 3.90. The first-order valence-corrected chi connectivity index (χ1v) is 11.3. The van der Waals surface area contributed by atoms with Gasteiger partial charge in [-0.3, -0.25) is 0 Å². The van der Waals surface area contributed by atoms with Crippen LogP contribution in [0.2, 0.25) is 0 Å². The van der Waals surface area contributed by atoms with Crippen molar-refractivity contribution in [3.63, 3.8) is 0 Å². The molecular weight excluding hydrogens is 374 g/mol. The van der Waals surface area contributed by atoms with Crippen molar-refractivity contribution in [3.05, 3.63) is 53.6 Å². The van der Waals surface area contributed by atoms with E-state index < -0.39 is 19.9 Å². The number of hydrogen-bond acceptors (Lipinski definition) is 5. The SMILES string of the molecule is Cc1cccc(OCCN(C)S(=O)(=O)c2cc(S(C)(=O)=O)ccc2C)c1. The summed E-state index contributed by atoms with van der Waals surface area (Å²) in [7, 11) is -5.87. The molecule has 0 atom stereocenters. The monoisotopic (exact) mass is 397 g/mol. The number of hydrogen-bond donors (Lipinski definition) is 0. The second-order valence-electron chi connectivity index (χ2n) is 6.19. The molecule has 0 amide bonds. The lowest BCUT2D eigenvalue weighted by molar-refractivity contribution is 0.286. The van der Waals surface area contributed by atoms with E-state index in [0.29, 0.717) is 11.3 Å². The van der Waals surface area contributed by atoms with Crippen LogP contribution in [0.3, 0.4) is 0 Å². The molecule has 0 bridgehead atoms. The average molecular weight is 398 g/mol. The van der Waals surface area contributed by atoms with E-state index in [-0.39, 0.29) is 22.9 Å². The lowest BCUT2D eigenvalue weighted by Crippen LogP contribution is -2.31. The Bertz CT molecular complexity index is 998. The molecule has 0 aliphatic carbocycles. The molecule has 0 aliphatic heterocycles. The van der Waals surface area contributed by atoms with Crippen LogP contribution >= 0.6 is 0 Å². The zero-order chi connectivity index (χ0) is 19.5. The van der Waals surface area contributed by atoms with Crippen molar-refractivity contribution in [2.45, 2.75) is 23.6 Å². The maximum absolute atomic E-state index is 12.8. The minimum atomic E-state index is -3.83. The van der Waals surface area contributed by atoms with E-state index >= 15 is 0 Å². The van der Waals surface area contributed by atoms with Gasteiger partial charge in [-0.05, 0) is 49.2 Å². The summed E-state index contributed by atoms with van der Waals surface area (Å²) < 4.78 is 55.8. The van der Waals surface area contributed by atoms with Gasteiger partial charge in [0.25, 0.3) is 0 Å². The quantitative estimate of drug-likeness (QED) is 0.717. The van der Waals surface area contributed by atoms with Crippen LogP contribution in [-0.2, 0) is 19.9 Å². The summed E-state index contributed by atoms with van der Waals surface area (Å²) in [5.74, 6) is 0.672. The van der Waals surface area contributed by atoms with E-state index in [1.54, 1.807) is 13.0 Å². The van der Waals surface area contributed by atoms with Gasteiger partial charge in [0.1, 0.15) is 12.4 Å². The molecule has 8 heteroatoms. The van der Waals surface area contributed by atoms with Crippen molar-refractivity contribution in [1.82, 2.24) is 4.31 Å². The molecular formula is C18H23NO5S2. The second kappa shape index (κ2) is 7.77. The van der Waals surface area contributed by atoms with E-state index in [0.717, 1.165) is 16.1 Å². The van der Waals surface area contributed by atoms with Crippen LogP contribution in [0, 0.1) is 13.8 Å². The van der Waals surface area contributed by atoms with E-state index in [2.05, 4.69) is 0 Å². The molecule has 0 aliphatic rings. The maximum atomic E-state index is 12.8. The molecule has 0 unspecified atom stereocenters. The molecule has 0 fully saturated rings. The first-order valence-electron chi connectivity index (χ1n) is 7.98. The normalized spacial score (nSPS) is 12.3. The van der Waals surface area contributed by atoms with Gasteiger partial charge in [-0.1, -0.05) is 18.2 Å². The van der Waals surface area contributed by atoms with Gasteiger partial charge in [0.2, 0.25) is 10.0 Å². The lowest BCUT2D eigenvalue weighted by Gasteiger charge is -2.19. The minimum Gasteiger partial charge on any atom is -0.492 e. The zero-order valence-corrected chi connectivity index (χ0v) is 16.9. The van der Waals surface area contributed by atoms with Gasteiger partial charge in [0.05, 0.1) is 9.79 Å². The van der Waals surface area contributed by atoms with Crippen LogP contribution in [0.4, 0.5) is 0 Å². The Morgan fingerprint density at radius 3 is 2.31 bits per heavy atom. The highest BCUT2D eigenvalue weighted by molar-refractivity contribution is 7.91. The number of sulfonamides is 1. The van der Waals surface area contributed by atoms with Crippen molar-refractivity contribution in [3.8, 4) is 5.75 Å². The molecule has 0 radical (unpaired) electrons. The molecule has 2 rings (SSSR count). The van der Waals surface area contributed by atoms with Crippen molar-refractivity contribution in [2.75, 3.05) is 26.5 Å². The van der Waals surface area contributed by atoms with E-state index in [1.165, 1.54) is 25.2 Å². The number of aryl methyl sites for hydroxylation is 2. The summed E-state index contributed by atoms with van der Waals surface area (Å²) in [6.07, 6.45) is 1.05. The highest BCUT2D eigenvalue weighted by Crippen LogP contribution is 2.23. The van der Waals surface area contributed by atoms with Crippen LogP contribution in [0.5, 0.6) is 5.75 Å². The van der Waals surface area contributed by atoms with E-state index in [9.17, 15) is 16.8 Å². The Kier molecular flexibility index (Phi) is 6.10. The molecule has 6 nitrogen and oxygen atoms in total. The molecule has 2 aromatic rings. The molecule has 0 saturated heterocycles. The number of sulfone groups is 1. The Labute approximate surface area is 155 Å². The second-order valence-corrected chi connectivity index (χ2v) is 10.2. The van der Waals surface area contributed by atoms with Crippen LogP contribution in [0.15, 0.2) is 52.3 Å². The average Bonchev–Trinajstić information content (AvgIpc) is 2.54. The van der Waals surface area contributed by atoms with Gasteiger partial charge in [0.15, 0.2) is 9.84 Å². The summed E-state index contributed by atoms with van der Waals surface area (Å²) >= 11 is 0. The smallest absolute Gasteiger partial charge is 0.243 e. The van der Waals surface area contributed by atoms with Crippen LogP contribution < -0.4 is 4.74 Å². The van der Waals surface area contributed by atoms with Crippen LogP contribution in [0.25, 0.3) is 0 Å². The fourth-order valence-electron chi connectivity index (χ4n) is 2.37. The summed E-state index contributed by atoms with van der Waals surface area (Å²) in [5, 5.41) is 0. The number of benzene rings is 2. The summed E-state index contributed by atoms with van der Waals surface area (Å²) in [4.78, 5) is -0.0374. The molecule has 0 N–H and O–H groups in total. The Hall–Kier alpha value is -1.90. The lowest BCUT2D eigenvalue weighted by atomic mass is 10.2. The van der Waals surface area contributed by atoms with Crippen molar-refractivity contribution in [2.24, 2.45) is 0 Å².